The van der Waals surface area contributed by atoms with Crippen LogP contribution in [0.1, 0.15) is 43.6 Å². The average Bonchev–Trinajstić information content (AvgIpc) is 3.53. The number of allylic oxidation sites excluding steroid dienone is 4. The minimum atomic E-state index is 0.651. The Hall–Kier alpha value is -4.85. The molecule has 0 bridgehead atoms. The zero-order chi connectivity index (χ0) is 26.5. The Bertz CT molecular complexity index is 1640. The highest BCUT2D eigenvalue weighted by molar-refractivity contribution is 5.90. The maximum atomic E-state index is 4.97. The lowest BCUT2D eigenvalue weighted by Crippen LogP contribution is -1.98. The molecule has 5 rings (SSSR count). The van der Waals surface area contributed by atoms with Crippen LogP contribution in [0.4, 0.5) is 5.69 Å². The number of aromatic nitrogens is 7. The summed E-state index contributed by atoms with van der Waals surface area (Å²) in [5, 5.41) is 11.0. The number of rotatable bonds is 9. The molecule has 0 aliphatic heterocycles. The molecular weight excluding hydrogens is 472 g/mol. The van der Waals surface area contributed by atoms with Gasteiger partial charge in [-0.15, -0.1) is 0 Å². The van der Waals surface area contributed by atoms with Crippen LogP contribution >= 0.6 is 0 Å². The summed E-state index contributed by atoms with van der Waals surface area (Å²) in [6.07, 6.45) is 15.2. The molecule has 0 aromatic carbocycles. The monoisotopic (exact) mass is 502 g/mol. The van der Waals surface area contributed by atoms with Crippen LogP contribution in [0.25, 0.3) is 39.4 Å². The standard InChI is InChI=1S/C30H30N8/c1-5-7-9-24(21-12-14-31-15-13-21)27-20(4)34-30(36-27)29-28-26(37-38-29)11-10-25(35-28)22-16-23(18-32-17-22)33-19(3)8-6-2/h5,7,9-18,33H,3,6,8H2,1-2,4H3,(H,34,36)(H,37,38)/b7-5-,24-9-. The molecule has 3 N–H and O–H groups in total. The van der Waals surface area contributed by atoms with Gasteiger partial charge in [-0.25, -0.2) is 9.97 Å². The minimum Gasteiger partial charge on any atom is -0.358 e. The second kappa shape index (κ2) is 11.0. The fourth-order valence-electron chi connectivity index (χ4n) is 4.31. The molecule has 0 fully saturated rings. The van der Waals surface area contributed by atoms with E-state index in [2.05, 4.69) is 50.0 Å². The molecule has 0 atom stereocenters. The van der Waals surface area contributed by atoms with Crippen molar-refractivity contribution in [3.63, 3.8) is 0 Å². The van der Waals surface area contributed by atoms with Crippen molar-refractivity contribution in [2.24, 2.45) is 0 Å². The second-order valence-corrected chi connectivity index (χ2v) is 9.01. The van der Waals surface area contributed by atoms with Crippen molar-refractivity contribution in [3.8, 4) is 22.8 Å². The smallest absolute Gasteiger partial charge is 0.161 e. The van der Waals surface area contributed by atoms with Gasteiger partial charge < -0.3 is 10.3 Å². The van der Waals surface area contributed by atoms with E-state index < -0.39 is 0 Å². The van der Waals surface area contributed by atoms with Crippen LogP contribution in [0.3, 0.4) is 0 Å². The van der Waals surface area contributed by atoms with Gasteiger partial charge in [0.2, 0.25) is 0 Å². The lowest BCUT2D eigenvalue weighted by Gasteiger charge is -2.09. The van der Waals surface area contributed by atoms with Gasteiger partial charge in [-0.3, -0.25) is 15.1 Å². The van der Waals surface area contributed by atoms with Crippen molar-refractivity contribution in [1.82, 2.24) is 35.1 Å². The Labute approximate surface area is 221 Å². The van der Waals surface area contributed by atoms with Crippen molar-refractivity contribution in [2.75, 3.05) is 5.32 Å². The number of pyridine rings is 3. The second-order valence-electron chi connectivity index (χ2n) is 9.01. The highest BCUT2D eigenvalue weighted by Gasteiger charge is 2.19. The molecule has 5 aromatic heterocycles. The number of H-pyrrole nitrogens is 2. The molecule has 38 heavy (non-hydrogen) atoms. The van der Waals surface area contributed by atoms with Gasteiger partial charge in [-0.1, -0.05) is 38.2 Å². The summed E-state index contributed by atoms with van der Waals surface area (Å²) in [5.74, 6) is 0.651. The molecule has 5 aromatic rings. The highest BCUT2D eigenvalue weighted by atomic mass is 15.2. The summed E-state index contributed by atoms with van der Waals surface area (Å²) in [6.45, 7) is 10.2. The fourth-order valence-corrected chi connectivity index (χ4v) is 4.31. The largest absolute Gasteiger partial charge is 0.358 e. The van der Waals surface area contributed by atoms with E-state index in [1.807, 2.05) is 62.5 Å². The fraction of sp³-hybridized carbons (Fsp3) is 0.167. The first-order chi connectivity index (χ1) is 18.6. The van der Waals surface area contributed by atoms with Gasteiger partial charge in [0.1, 0.15) is 5.52 Å². The number of hydrogen-bond acceptors (Lipinski definition) is 6. The van der Waals surface area contributed by atoms with E-state index >= 15 is 0 Å². The average molecular weight is 503 g/mol. The highest BCUT2D eigenvalue weighted by Crippen LogP contribution is 2.31. The summed E-state index contributed by atoms with van der Waals surface area (Å²) in [7, 11) is 0. The summed E-state index contributed by atoms with van der Waals surface area (Å²) >= 11 is 0. The Kier molecular flexibility index (Phi) is 7.21. The zero-order valence-corrected chi connectivity index (χ0v) is 21.8. The summed E-state index contributed by atoms with van der Waals surface area (Å²) in [4.78, 5) is 21.9. The number of aromatic amines is 2. The zero-order valence-electron chi connectivity index (χ0n) is 21.8. The van der Waals surface area contributed by atoms with Crippen molar-refractivity contribution >= 4 is 22.3 Å². The number of aryl methyl sites for hydroxylation is 1. The molecular formula is C30H30N8. The summed E-state index contributed by atoms with van der Waals surface area (Å²) in [5.41, 5.74) is 9.61. The van der Waals surface area contributed by atoms with Gasteiger partial charge in [0.15, 0.2) is 11.5 Å². The van der Waals surface area contributed by atoms with E-state index in [1.54, 1.807) is 18.6 Å². The van der Waals surface area contributed by atoms with Crippen molar-refractivity contribution < 1.29 is 0 Å². The maximum absolute atomic E-state index is 4.97. The van der Waals surface area contributed by atoms with E-state index in [0.717, 1.165) is 69.0 Å². The number of nitrogens with one attached hydrogen (secondary N) is 3. The number of hydrogen-bond donors (Lipinski definition) is 3. The molecule has 0 aliphatic rings. The van der Waals surface area contributed by atoms with E-state index in [1.165, 1.54) is 0 Å². The molecule has 5 heterocycles. The Morgan fingerprint density at radius 1 is 1.08 bits per heavy atom. The molecule has 0 saturated heterocycles. The van der Waals surface area contributed by atoms with Crippen LogP contribution in [0.2, 0.25) is 0 Å². The predicted molar refractivity (Wildman–Crippen MR) is 153 cm³/mol. The number of nitrogens with zero attached hydrogens (tertiary/aromatic N) is 5. The Morgan fingerprint density at radius 2 is 1.92 bits per heavy atom. The SMILES string of the molecule is C=C(CCC)Nc1cncc(-c2ccc3[nH]nc(-c4nc(/C(=C\C=C/C)c5ccncc5)c(C)[nH]4)c3n2)c1. The van der Waals surface area contributed by atoms with Crippen LogP contribution in [-0.2, 0) is 0 Å². The van der Waals surface area contributed by atoms with Crippen molar-refractivity contribution in [1.29, 1.82) is 0 Å². The molecule has 190 valence electrons. The molecule has 0 saturated carbocycles. The third kappa shape index (κ3) is 5.15. The molecule has 8 heteroatoms. The summed E-state index contributed by atoms with van der Waals surface area (Å²) < 4.78 is 0. The molecule has 0 aliphatic carbocycles. The van der Waals surface area contributed by atoms with E-state index in [4.69, 9.17) is 9.97 Å². The Balaban J connectivity index is 1.53. The summed E-state index contributed by atoms with van der Waals surface area (Å²) in [6, 6.07) is 9.94. The van der Waals surface area contributed by atoms with Gasteiger partial charge >= 0.3 is 0 Å². The molecule has 0 amide bonds. The predicted octanol–water partition coefficient (Wildman–Crippen LogP) is 6.85. The van der Waals surface area contributed by atoms with Crippen LogP contribution in [-0.4, -0.2) is 35.1 Å². The van der Waals surface area contributed by atoms with E-state index in [9.17, 15) is 0 Å². The van der Waals surface area contributed by atoms with Gasteiger partial charge in [-0.2, -0.15) is 5.10 Å². The number of anilines is 1. The molecule has 0 spiro atoms. The van der Waals surface area contributed by atoms with Crippen molar-refractivity contribution in [3.05, 3.63) is 103 Å². The number of fused-ring (bicyclic) bond motifs is 1. The third-order valence-corrected chi connectivity index (χ3v) is 6.13. The van der Waals surface area contributed by atoms with E-state index in [-0.39, 0.29) is 0 Å². The molecule has 0 radical (unpaired) electrons. The molecule has 8 nitrogen and oxygen atoms in total. The first-order valence-electron chi connectivity index (χ1n) is 12.6. The van der Waals surface area contributed by atoms with Gasteiger partial charge in [0.25, 0.3) is 0 Å². The first-order valence-corrected chi connectivity index (χ1v) is 12.6. The minimum absolute atomic E-state index is 0.651. The van der Waals surface area contributed by atoms with Crippen LogP contribution in [0.5, 0.6) is 0 Å². The van der Waals surface area contributed by atoms with Gasteiger partial charge in [0.05, 0.1) is 28.8 Å². The van der Waals surface area contributed by atoms with Gasteiger partial charge in [0, 0.05) is 41.1 Å². The first kappa shape index (κ1) is 24.8. The van der Waals surface area contributed by atoms with Crippen LogP contribution in [0, 0.1) is 6.92 Å². The van der Waals surface area contributed by atoms with Crippen molar-refractivity contribution in [2.45, 2.75) is 33.6 Å². The lowest BCUT2D eigenvalue weighted by molar-refractivity contribution is 0.913. The quantitative estimate of drug-likeness (QED) is 0.190. The topological polar surface area (TPSA) is 108 Å². The van der Waals surface area contributed by atoms with E-state index in [0.29, 0.717) is 11.5 Å². The Morgan fingerprint density at radius 3 is 2.71 bits per heavy atom. The maximum Gasteiger partial charge on any atom is 0.161 e. The normalized spacial score (nSPS) is 11.9. The third-order valence-electron chi connectivity index (χ3n) is 6.13. The van der Waals surface area contributed by atoms with Crippen LogP contribution < -0.4 is 5.32 Å². The molecule has 0 unspecified atom stereocenters. The number of imidazole rings is 1. The van der Waals surface area contributed by atoms with Crippen LogP contribution in [0.15, 0.2) is 85.6 Å². The van der Waals surface area contributed by atoms with Gasteiger partial charge in [-0.05, 0) is 56.2 Å². The lowest BCUT2D eigenvalue weighted by atomic mass is 10.0.